The van der Waals surface area contributed by atoms with Gasteiger partial charge in [0.1, 0.15) is 12.6 Å². The molecule has 1 unspecified atom stereocenters. The molecule has 2 heterocycles. The number of piperidine rings is 1. The van der Waals surface area contributed by atoms with Crippen molar-refractivity contribution in [2.45, 2.75) is 31.9 Å². The number of nitrogens with zero attached hydrogens (tertiary/aromatic N) is 1. The van der Waals surface area contributed by atoms with E-state index in [1.54, 1.807) is 4.90 Å². The van der Waals surface area contributed by atoms with Crippen LogP contribution in [0.2, 0.25) is 0 Å². The Balaban J connectivity index is 1.47. The van der Waals surface area contributed by atoms with Gasteiger partial charge in [0.2, 0.25) is 11.8 Å². The minimum absolute atomic E-state index is 0.116. The predicted molar refractivity (Wildman–Crippen MR) is 124 cm³/mol. The van der Waals surface area contributed by atoms with Gasteiger partial charge >= 0.3 is 6.09 Å². The summed E-state index contributed by atoms with van der Waals surface area (Å²) in [5, 5.41) is 3.77. The van der Waals surface area contributed by atoms with Crippen LogP contribution in [0.3, 0.4) is 0 Å². The first-order valence-electron chi connectivity index (χ1n) is 11.1. The van der Waals surface area contributed by atoms with Crippen molar-refractivity contribution < 1.29 is 19.1 Å². The lowest BCUT2D eigenvalue weighted by Gasteiger charge is -2.33. The zero-order valence-electron chi connectivity index (χ0n) is 18.3. The van der Waals surface area contributed by atoms with Gasteiger partial charge < -0.3 is 25.7 Å². The van der Waals surface area contributed by atoms with Crippen molar-refractivity contribution in [1.82, 2.24) is 15.2 Å². The Hall–Kier alpha value is -3.81. The predicted octanol–water partition coefficient (Wildman–Crippen LogP) is 2.73. The summed E-state index contributed by atoms with van der Waals surface area (Å²) in [6.45, 7) is 0.972. The summed E-state index contributed by atoms with van der Waals surface area (Å²) in [6.07, 6.45) is 2.59. The number of hydrogen-bond acceptors (Lipinski definition) is 4. The highest BCUT2D eigenvalue weighted by Gasteiger charge is 2.31. The molecule has 0 bridgehead atoms. The highest BCUT2D eigenvalue weighted by atomic mass is 16.5. The molecule has 1 aliphatic rings. The van der Waals surface area contributed by atoms with Crippen LogP contribution in [-0.2, 0) is 27.4 Å². The standard InChI is InChI=1S/C25H28N4O4/c26-23(30)18-10-12-29(13-11-18)24(31)22(14-19-15-27-21-9-5-4-8-20(19)21)28-25(32)33-16-17-6-2-1-3-7-17/h1-9,15,18,22,27H,10-14,16H2,(H2,26,30)(H,28,32). The lowest BCUT2D eigenvalue weighted by molar-refractivity contribution is -0.136. The Morgan fingerprint density at radius 2 is 1.76 bits per heavy atom. The second-order valence-electron chi connectivity index (χ2n) is 8.32. The van der Waals surface area contributed by atoms with Gasteiger partial charge in [-0.1, -0.05) is 48.5 Å². The molecule has 172 valence electrons. The Kier molecular flexibility index (Phi) is 6.92. The van der Waals surface area contributed by atoms with Crippen LogP contribution in [0.4, 0.5) is 4.79 Å². The third kappa shape index (κ3) is 5.52. The van der Waals surface area contributed by atoms with Gasteiger partial charge in [-0.15, -0.1) is 0 Å². The Bertz CT molecular complexity index is 1120. The van der Waals surface area contributed by atoms with Crippen molar-refractivity contribution in [2.75, 3.05) is 13.1 Å². The Morgan fingerprint density at radius 1 is 1.06 bits per heavy atom. The van der Waals surface area contributed by atoms with Crippen LogP contribution in [0.1, 0.15) is 24.0 Å². The Morgan fingerprint density at radius 3 is 2.48 bits per heavy atom. The number of carbonyl (C=O) groups excluding carboxylic acids is 3. The second kappa shape index (κ2) is 10.2. The van der Waals surface area contributed by atoms with Gasteiger partial charge in [0.05, 0.1) is 0 Å². The molecule has 0 spiro atoms. The molecular weight excluding hydrogens is 420 g/mol. The van der Waals surface area contributed by atoms with E-state index in [4.69, 9.17) is 10.5 Å². The van der Waals surface area contributed by atoms with Gasteiger partial charge in [-0.25, -0.2) is 4.79 Å². The van der Waals surface area contributed by atoms with Crippen molar-refractivity contribution in [3.05, 3.63) is 71.9 Å². The molecule has 8 heteroatoms. The van der Waals surface area contributed by atoms with Crippen LogP contribution in [0.15, 0.2) is 60.8 Å². The summed E-state index contributed by atoms with van der Waals surface area (Å²) in [6, 6.07) is 16.4. The number of nitrogens with two attached hydrogens (primary N) is 1. The zero-order chi connectivity index (χ0) is 23.2. The van der Waals surface area contributed by atoms with Gasteiger partial charge in [-0.2, -0.15) is 0 Å². The minimum atomic E-state index is -0.794. The number of hydrogen-bond donors (Lipinski definition) is 3. The highest BCUT2D eigenvalue weighted by Crippen LogP contribution is 2.22. The van der Waals surface area contributed by atoms with Crippen LogP contribution < -0.4 is 11.1 Å². The SMILES string of the molecule is NC(=O)C1CCN(C(=O)C(Cc2c[nH]c3ccccc23)NC(=O)OCc2ccccc2)CC1. The zero-order valence-corrected chi connectivity index (χ0v) is 18.3. The number of carbonyl (C=O) groups is 3. The van der Waals surface area contributed by atoms with Crippen molar-refractivity contribution in [1.29, 1.82) is 0 Å². The topological polar surface area (TPSA) is 118 Å². The molecule has 2 aromatic carbocycles. The molecule has 3 amide bonds. The van der Waals surface area contributed by atoms with E-state index in [1.807, 2.05) is 60.8 Å². The van der Waals surface area contributed by atoms with Gasteiger partial charge in [0, 0.05) is 42.5 Å². The molecule has 1 aromatic heterocycles. The molecule has 3 aromatic rings. The van der Waals surface area contributed by atoms with E-state index in [2.05, 4.69) is 10.3 Å². The summed E-state index contributed by atoms with van der Waals surface area (Å²) >= 11 is 0. The molecular formula is C25H28N4O4. The van der Waals surface area contributed by atoms with Crippen LogP contribution in [-0.4, -0.2) is 46.9 Å². The molecule has 4 N–H and O–H groups in total. The average Bonchev–Trinajstić information content (AvgIpc) is 3.25. The third-order valence-corrected chi connectivity index (χ3v) is 6.11. The van der Waals surface area contributed by atoms with Gasteiger partial charge in [0.15, 0.2) is 0 Å². The van der Waals surface area contributed by atoms with Crippen molar-refractivity contribution in [2.24, 2.45) is 11.7 Å². The summed E-state index contributed by atoms with van der Waals surface area (Å²) < 4.78 is 5.36. The lowest BCUT2D eigenvalue weighted by Crippen LogP contribution is -2.52. The number of H-pyrrole nitrogens is 1. The molecule has 0 saturated carbocycles. The normalized spacial score (nSPS) is 15.2. The second-order valence-corrected chi connectivity index (χ2v) is 8.32. The van der Waals surface area contributed by atoms with E-state index in [9.17, 15) is 14.4 Å². The largest absolute Gasteiger partial charge is 0.445 e. The number of nitrogens with one attached hydrogen (secondary N) is 2. The quantitative estimate of drug-likeness (QED) is 0.515. The molecule has 8 nitrogen and oxygen atoms in total. The van der Waals surface area contributed by atoms with Gasteiger partial charge in [-0.05, 0) is 30.0 Å². The number of benzene rings is 2. The van der Waals surface area contributed by atoms with Crippen molar-refractivity contribution >= 4 is 28.8 Å². The summed E-state index contributed by atoms with van der Waals surface area (Å²) in [7, 11) is 0. The fourth-order valence-corrected chi connectivity index (χ4v) is 4.23. The molecule has 33 heavy (non-hydrogen) atoms. The van der Waals surface area contributed by atoms with E-state index >= 15 is 0 Å². The fraction of sp³-hybridized carbons (Fsp3) is 0.320. The number of alkyl carbamates (subject to hydrolysis) is 1. The summed E-state index contributed by atoms with van der Waals surface area (Å²) in [4.78, 5) is 42.3. The Labute approximate surface area is 192 Å². The van der Waals surface area contributed by atoms with E-state index in [0.717, 1.165) is 22.0 Å². The molecule has 1 atom stereocenters. The van der Waals surface area contributed by atoms with Crippen LogP contribution in [0.25, 0.3) is 10.9 Å². The summed E-state index contributed by atoms with van der Waals surface area (Å²) in [5.74, 6) is -0.746. The highest BCUT2D eigenvalue weighted by molar-refractivity contribution is 5.88. The van der Waals surface area contributed by atoms with Crippen LogP contribution in [0.5, 0.6) is 0 Å². The number of aromatic nitrogens is 1. The molecule has 1 aliphatic heterocycles. The monoisotopic (exact) mass is 448 g/mol. The fourth-order valence-electron chi connectivity index (χ4n) is 4.23. The lowest BCUT2D eigenvalue weighted by atomic mass is 9.95. The number of para-hydroxylation sites is 1. The molecule has 1 saturated heterocycles. The first-order valence-corrected chi connectivity index (χ1v) is 11.1. The van der Waals surface area contributed by atoms with E-state index in [1.165, 1.54) is 0 Å². The molecule has 1 fully saturated rings. The molecule has 0 aliphatic carbocycles. The van der Waals surface area contributed by atoms with Gasteiger partial charge in [0.25, 0.3) is 0 Å². The average molecular weight is 449 g/mol. The maximum atomic E-state index is 13.4. The molecule has 4 rings (SSSR count). The number of likely N-dealkylation sites (tertiary alicyclic amines) is 1. The third-order valence-electron chi connectivity index (χ3n) is 6.11. The van der Waals surface area contributed by atoms with Crippen LogP contribution >= 0.6 is 0 Å². The maximum Gasteiger partial charge on any atom is 0.408 e. The smallest absolute Gasteiger partial charge is 0.408 e. The number of amides is 3. The maximum absolute atomic E-state index is 13.4. The number of fused-ring (bicyclic) bond motifs is 1. The van der Waals surface area contributed by atoms with Crippen molar-refractivity contribution in [3.8, 4) is 0 Å². The van der Waals surface area contributed by atoms with E-state index in [-0.39, 0.29) is 24.3 Å². The number of primary amides is 1. The van der Waals surface area contributed by atoms with Crippen molar-refractivity contribution in [3.63, 3.8) is 0 Å². The summed E-state index contributed by atoms with van der Waals surface area (Å²) in [5.41, 5.74) is 8.18. The van der Waals surface area contributed by atoms with Gasteiger partial charge in [-0.3, -0.25) is 9.59 Å². The number of rotatable bonds is 7. The minimum Gasteiger partial charge on any atom is -0.445 e. The number of ether oxygens (including phenoxy) is 1. The first kappa shape index (κ1) is 22.4. The van der Waals surface area contributed by atoms with Crippen LogP contribution in [0, 0.1) is 5.92 Å². The van der Waals surface area contributed by atoms with E-state index < -0.39 is 12.1 Å². The first-order chi connectivity index (χ1) is 16.0. The molecule has 0 radical (unpaired) electrons. The van der Waals surface area contributed by atoms with E-state index in [0.29, 0.717) is 32.4 Å². The number of aromatic amines is 1.